The van der Waals surface area contributed by atoms with Crippen molar-refractivity contribution in [1.82, 2.24) is 0 Å². The minimum absolute atomic E-state index is 0.00837. The van der Waals surface area contributed by atoms with Gasteiger partial charge >= 0.3 is 0 Å². The van der Waals surface area contributed by atoms with Crippen molar-refractivity contribution in [3.8, 4) is 0 Å². The molecule has 7 aliphatic heterocycles. The summed E-state index contributed by atoms with van der Waals surface area (Å²) in [5.74, 6) is 0.263. The molecule has 0 saturated carbocycles. The van der Waals surface area contributed by atoms with E-state index in [0.29, 0.717) is 19.4 Å². The van der Waals surface area contributed by atoms with Gasteiger partial charge in [0.1, 0.15) is 6.10 Å². The van der Waals surface area contributed by atoms with Gasteiger partial charge in [0.2, 0.25) is 0 Å². The minimum atomic E-state index is -0.673. The Labute approximate surface area is 251 Å². The molecule has 0 aromatic heterocycles. The highest BCUT2D eigenvalue weighted by molar-refractivity contribution is 5.16. The zero-order chi connectivity index (χ0) is 29.7. The van der Waals surface area contributed by atoms with Crippen LogP contribution in [0, 0.1) is 5.92 Å². The van der Waals surface area contributed by atoms with E-state index >= 15 is 0 Å². The van der Waals surface area contributed by atoms with Crippen LogP contribution >= 0.6 is 0 Å². The van der Waals surface area contributed by atoms with Gasteiger partial charge in [-0.15, -0.1) is 6.58 Å². The van der Waals surface area contributed by atoms with Crippen LogP contribution in [0.1, 0.15) is 92.9 Å². The third-order valence-corrected chi connectivity index (χ3v) is 12.0. The number of aliphatic hydroxyl groups is 1. The van der Waals surface area contributed by atoms with E-state index in [4.69, 9.17) is 33.2 Å². The van der Waals surface area contributed by atoms with Crippen LogP contribution in [0.3, 0.4) is 0 Å². The maximum atomic E-state index is 11.1. The number of hydrogen-bond acceptors (Lipinski definition) is 8. The van der Waals surface area contributed by atoms with Crippen LogP contribution in [-0.4, -0.2) is 95.2 Å². The maximum Gasteiger partial charge on any atom is 0.105 e. The van der Waals surface area contributed by atoms with Gasteiger partial charge in [-0.25, -0.2) is 0 Å². The minimum Gasteiger partial charge on any atom is -0.390 e. The molecule has 0 radical (unpaired) electrons. The van der Waals surface area contributed by atoms with E-state index in [9.17, 15) is 5.11 Å². The molecule has 0 amide bonds. The molecule has 0 aromatic carbocycles. The first-order chi connectivity index (χ1) is 19.8. The average Bonchev–Trinajstić information content (AvgIpc) is 3.12. The van der Waals surface area contributed by atoms with Crippen molar-refractivity contribution in [2.45, 2.75) is 176 Å². The van der Waals surface area contributed by atoms with E-state index in [1.54, 1.807) is 0 Å². The molecule has 42 heavy (non-hydrogen) atoms. The van der Waals surface area contributed by atoms with Gasteiger partial charge in [0.25, 0.3) is 0 Å². The van der Waals surface area contributed by atoms with Gasteiger partial charge in [0.15, 0.2) is 0 Å². The van der Waals surface area contributed by atoms with Crippen LogP contribution in [0.4, 0.5) is 0 Å². The molecule has 0 unspecified atom stereocenters. The predicted molar refractivity (Wildman–Crippen MR) is 156 cm³/mol. The molecule has 0 bridgehead atoms. The molecule has 1 N–H and O–H groups in total. The van der Waals surface area contributed by atoms with E-state index in [1.165, 1.54) is 5.57 Å². The smallest absolute Gasteiger partial charge is 0.105 e. The van der Waals surface area contributed by atoms with Gasteiger partial charge in [0, 0.05) is 25.7 Å². The Morgan fingerprint density at radius 1 is 0.881 bits per heavy atom. The van der Waals surface area contributed by atoms with Crippen LogP contribution in [0.2, 0.25) is 0 Å². The number of rotatable bonds is 2. The van der Waals surface area contributed by atoms with Gasteiger partial charge in [-0.3, -0.25) is 0 Å². The summed E-state index contributed by atoms with van der Waals surface area (Å²) in [6, 6.07) is 0. The molecule has 7 aliphatic rings. The summed E-state index contributed by atoms with van der Waals surface area (Å²) < 4.78 is 47.4. The normalized spacial score (nSPS) is 57.4. The summed E-state index contributed by atoms with van der Waals surface area (Å²) in [5.41, 5.74) is -0.899. The summed E-state index contributed by atoms with van der Waals surface area (Å²) in [6.45, 7) is 17.5. The SMILES string of the molecule is C=CC[C@]1(C)O[C@@H]2C[C@@H]3O[C@@H]4[C@H](C)C[C@@H]5O[C@@H]6C[C@@H]7OCC=C(C)[C@H]7O[C@@]6(C)C[C@H]5O[C@H]4CC[C@@]3(C)O[C@@]2(C)C[C@H]1O. The Hall–Kier alpha value is -0.840. The number of aliphatic hydroxyl groups excluding tert-OH is 1. The van der Waals surface area contributed by atoms with Crippen molar-refractivity contribution in [2.24, 2.45) is 5.92 Å². The molecule has 15 atom stereocenters. The van der Waals surface area contributed by atoms with Gasteiger partial charge in [-0.1, -0.05) is 19.1 Å². The lowest BCUT2D eigenvalue weighted by atomic mass is 9.73. The van der Waals surface area contributed by atoms with Crippen LogP contribution < -0.4 is 0 Å². The Morgan fingerprint density at radius 2 is 1.67 bits per heavy atom. The number of hydrogen-bond donors (Lipinski definition) is 1. The summed E-state index contributed by atoms with van der Waals surface area (Å²) in [6.07, 6.45) is 9.01. The highest BCUT2D eigenvalue weighted by Crippen LogP contribution is 2.53. The fourth-order valence-corrected chi connectivity index (χ4v) is 9.37. The number of fused-ring (bicyclic) bond motifs is 6. The molecule has 7 rings (SSSR count). The maximum absolute atomic E-state index is 11.1. The van der Waals surface area contributed by atoms with Crippen LogP contribution in [0.15, 0.2) is 24.3 Å². The first-order valence-corrected chi connectivity index (χ1v) is 16.4. The van der Waals surface area contributed by atoms with Crippen molar-refractivity contribution >= 4 is 0 Å². The van der Waals surface area contributed by atoms with Crippen molar-refractivity contribution in [2.75, 3.05) is 6.61 Å². The zero-order valence-corrected chi connectivity index (χ0v) is 26.4. The van der Waals surface area contributed by atoms with E-state index in [0.717, 1.165) is 38.5 Å². The highest BCUT2D eigenvalue weighted by atomic mass is 16.6. The van der Waals surface area contributed by atoms with Crippen molar-refractivity contribution in [3.63, 3.8) is 0 Å². The first kappa shape index (κ1) is 29.8. The largest absolute Gasteiger partial charge is 0.390 e. The van der Waals surface area contributed by atoms with Gasteiger partial charge in [0.05, 0.1) is 83.9 Å². The quantitative estimate of drug-likeness (QED) is 0.461. The van der Waals surface area contributed by atoms with Gasteiger partial charge < -0.3 is 38.3 Å². The second kappa shape index (κ2) is 10.3. The fourth-order valence-electron chi connectivity index (χ4n) is 9.37. The second-order valence-corrected chi connectivity index (χ2v) is 15.4. The van der Waals surface area contributed by atoms with Crippen LogP contribution in [-0.2, 0) is 33.2 Å². The van der Waals surface area contributed by atoms with E-state index in [1.807, 2.05) is 13.0 Å². The second-order valence-electron chi connectivity index (χ2n) is 15.4. The molecule has 0 aliphatic carbocycles. The van der Waals surface area contributed by atoms with Crippen molar-refractivity contribution < 1.29 is 38.3 Å². The summed E-state index contributed by atoms with van der Waals surface area (Å²) >= 11 is 0. The Morgan fingerprint density at radius 3 is 2.45 bits per heavy atom. The molecule has 0 aromatic rings. The Balaban J connectivity index is 1.10. The first-order valence-electron chi connectivity index (χ1n) is 16.4. The standard InChI is InChI=1S/C34H52O8/c1-8-11-31(4)25(35)18-34(7)28(40-31)16-27-32(5,42-34)12-9-21-29(39-27)20(3)14-22-24(37-21)17-33(6)26(38-22)15-23-30(41-33)19(2)10-13-36-23/h8,10,20-30,35H,1,9,11-18H2,2-7H3/t20-,21+,22+,23+,24-,25-,26-,27+,28-,29-,30-,31+,32-,33+,34+/m1/s1. The summed E-state index contributed by atoms with van der Waals surface area (Å²) in [7, 11) is 0. The predicted octanol–water partition coefficient (Wildman–Crippen LogP) is 4.80. The summed E-state index contributed by atoms with van der Waals surface area (Å²) in [5, 5.41) is 11.1. The van der Waals surface area contributed by atoms with Gasteiger partial charge in [-0.2, -0.15) is 0 Å². The van der Waals surface area contributed by atoms with Gasteiger partial charge in [-0.05, 0) is 71.8 Å². The van der Waals surface area contributed by atoms with Crippen LogP contribution in [0.25, 0.3) is 0 Å². The lowest BCUT2D eigenvalue weighted by Crippen LogP contribution is -2.68. The molecule has 0 spiro atoms. The van der Waals surface area contributed by atoms with Crippen molar-refractivity contribution in [3.05, 3.63) is 24.3 Å². The molecule has 7 heterocycles. The van der Waals surface area contributed by atoms with E-state index in [-0.39, 0.29) is 60.9 Å². The molecule has 6 fully saturated rings. The average molecular weight is 589 g/mol. The lowest BCUT2D eigenvalue weighted by Gasteiger charge is -2.59. The fraction of sp³-hybridized carbons (Fsp3) is 0.882. The molecule has 236 valence electrons. The Bertz CT molecular complexity index is 1100. The highest BCUT2D eigenvalue weighted by Gasteiger charge is 2.62. The monoisotopic (exact) mass is 588 g/mol. The molecule has 8 nitrogen and oxygen atoms in total. The summed E-state index contributed by atoms with van der Waals surface area (Å²) in [4.78, 5) is 0. The third kappa shape index (κ3) is 4.79. The lowest BCUT2D eigenvalue weighted by molar-refractivity contribution is -0.339. The molecule has 6 saturated heterocycles. The Kier molecular flexibility index (Phi) is 7.35. The molecular formula is C34H52O8. The molecule has 8 heteroatoms. The van der Waals surface area contributed by atoms with Crippen LogP contribution in [0.5, 0.6) is 0 Å². The third-order valence-electron chi connectivity index (χ3n) is 12.0. The molecular weight excluding hydrogens is 536 g/mol. The van der Waals surface area contributed by atoms with Crippen molar-refractivity contribution in [1.29, 1.82) is 0 Å². The van der Waals surface area contributed by atoms with E-state index < -0.39 is 28.5 Å². The zero-order valence-electron chi connectivity index (χ0n) is 26.4. The number of ether oxygens (including phenoxy) is 7. The van der Waals surface area contributed by atoms with E-state index in [2.05, 4.69) is 47.3 Å². The topological polar surface area (TPSA) is 84.8 Å².